The van der Waals surface area contributed by atoms with Gasteiger partial charge in [-0.05, 0) is 23.8 Å². The van der Waals surface area contributed by atoms with Gasteiger partial charge in [-0.3, -0.25) is 4.57 Å². The predicted molar refractivity (Wildman–Crippen MR) is 115 cm³/mol. The highest BCUT2D eigenvalue weighted by Crippen LogP contribution is 2.29. The molecular weight excluding hydrogens is 438 g/mol. The maximum atomic E-state index is 11.9. The third kappa shape index (κ3) is 3.81. The van der Waals surface area contributed by atoms with Crippen LogP contribution in [0.5, 0.6) is 0 Å². The number of hydrogen-bond donors (Lipinski definition) is 0. The van der Waals surface area contributed by atoms with Gasteiger partial charge in [0.2, 0.25) is 0 Å². The molecule has 0 aliphatic rings. The molecular formula is C21H16BrN3O2S. The summed E-state index contributed by atoms with van der Waals surface area (Å²) in [5.41, 5.74) is 2.10. The number of halogens is 1. The van der Waals surface area contributed by atoms with E-state index in [9.17, 15) is 4.79 Å². The quantitative estimate of drug-likeness (QED) is 0.225. The van der Waals surface area contributed by atoms with E-state index in [2.05, 4.69) is 32.7 Å². The van der Waals surface area contributed by atoms with E-state index < -0.39 is 0 Å². The summed E-state index contributed by atoms with van der Waals surface area (Å²) in [4.78, 5) is 11.9. The zero-order valence-corrected chi connectivity index (χ0v) is 17.2. The van der Waals surface area contributed by atoms with E-state index in [-0.39, 0.29) is 5.63 Å². The SMILES string of the molecule is C=CCn1c(SCc2cc(=O)oc3cc(Br)ccc23)nnc1-c1ccccc1. The van der Waals surface area contributed by atoms with Crippen molar-refractivity contribution < 1.29 is 4.42 Å². The van der Waals surface area contributed by atoms with Gasteiger partial charge < -0.3 is 4.42 Å². The lowest BCUT2D eigenvalue weighted by molar-refractivity contribution is 0.559. The first-order valence-electron chi connectivity index (χ1n) is 8.60. The number of fused-ring (bicyclic) bond motifs is 1. The van der Waals surface area contributed by atoms with E-state index in [1.807, 2.05) is 53.1 Å². The Hall–Kier alpha value is -2.64. The van der Waals surface area contributed by atoms with Crippen LogP contribution in [0.15, 0.2) is 86.1 Å². The molecule has 2 aromatic carbocycles. The van der Waals surface area contributed by atoms with Crippen LogP contribution >= 0.6 is 27.7 Å². The minimum atomic E-state index is -0.362. The van der Waals surface area contributed by atoms with Crippen molar-refractivity contribution in [3.05, 3.63) is 87.7 Å². The molecule has 0 bridgehead atoms. The normalized spacial score (nSPS) is 11.0. The largest absolute Gasteiger partial charge is 0.423 e. The van der Waals surface area contributed by atoms with Crippen LogP contribution in [0.25, 0.3) is 22.4 Å². The van der Waals surface area contributed by atoms with Gasteiger partial charge in [0.15, 0.2) is 11.0 Å². The molecule has 0 amide bonds. The van der Waals surface area contributed by atoms with Crippen LogP contribution in [-0.2, 0) is 12.3 Å². The average Bonchev–Trinajstić information content (AvgIpc) is 3.09. The van der Waals surface area contributed by atoms with Crippen molar-refractivity contribution in [3.8, 4) is 11.4 Å². The molecule has 140 valence electrons. The van der Waals surface area contributed by atoms with Gasteiger partial charge >= 0.3 is 5.63 Å². The van der Waals surface area contributed by atoms with Gasteiger partial charge in [-0.15, -0.1) is 16.8 Å². The number of thioether (sulfide) groups is 1. The third-order valence-corrected chi connectivity index (χ3v) is 5.72. The van der Waals surface area contributed by atoms with Crippen molar-refractivity contribution in [1.29, 1.82) is 0 Å². The van der Waals surface area contributed by atoms with Crippen LogP contribution in [0.4, 0.5) is 0 Å². The summed E-state index contributed by atoms with van der Waals surface area (Å²) in [7, 11) is 0. The summed E-state index contributed by atoms with van der Waals surface area (Å²) < 4.78 is 8.21. The molecule has 0 radical (unpaired) electrons. The van der Waals surface area contributed by atoms with E-state index >= 15 is 0 Å². The molecule has 2 heterocycles. The zero-order chi connectivity index (χ0) is 19.5. The fraction of sp³-hybridized carbons (Fsp3) is 0.0952. The average molecular weight is 454 g/mol. The van der Waals surface area contributed by atoms with E-state index in [1.165, 1.54) is 17.8 Å². The van der Waals surface area contributed by atoms with Crippen LogP contribution in [0.1, 0.15) is 5.56 Å². The van der Waals surface area contributed by atoms with Gasteiger partial charge in [0.05, 0.1) is 0 Å². The fourth-order valence-electron chi connectivity index (χ4n) is 2.96. The van der Waals surface area contributed by atoms with Crippen LogP contribution in [0.3, 0.4) is 0 Å². The second-order valence-corrected chi connectivity index (χ2v) is 7.95. The maximum absolute atomic E-state index is 11.9. The fourth-order valence-corrected chi connectivity index (χ4v) is 4.23. The molecule has 2 aromatic heterocycles. The molecule has 0 atom stereocenters. The van der Waals surface area contributed by atoms with Crippen molar-refractivity contribution in [3.63, 3.8) is 0 Å². The first-order valence-corrected chi connectivity index (χ1v) is 10.4. The molecule has 0 aliphatic carbocycles. The van der Waals surface area contributed by atoms with Gasteiger partial charge in [-0.2, -0.15) is 0 Å². The molecule has 0 saturated carbocycles. The standard InChI is InChI=1S/C21H16BrN3O2S/c1-2-10-25-20(14-6-4-3-5-7-14)23-24-21(25)28-13-15-11-19(26)27-18-12-16(22)8-9-17(15)18/h2-9,11-12H,1,10,13H2. The Labute approximate surface area is 174 Å². The molecule has 4 rings (SSSR count). The molecule has 0 fully saturated rings. The lowest BCUT2D eigenvalue weighted by Gasteiger charge is -2.09. The van der Waals surface area contributed by atoms with Crippen molar-refractivity contribution in [2.24, 2.45) is 0 Å². The summed E-state index contributed by atoms with van der Waals surface area (Å²) in [6, 6.07) is 17.2. The molecule has 0 saturated heterocycles. The number of nitrogens with zero attached hydrogens (tertiary/aromatic N) is 3. The van der Waals surface area contributed by atoms with Crippen molar-refractivity contribution in [1.82, 2.24) is 14.8 Å². The van der Waals surface area contributed by atoms with Gasteiger partial charge in [0.1, 0.15) is 5.58 Å². The Balaban J connectivity index is 1.68. The van der Waals surface area contributed by atoms with E-state index in [1.54, 1.807) is 6.07 Å². The third-order valence-electron chi connectivity index (χ3n) is 4.21. The Kier molecular flexibility index (Phi) is 5.45. The molecule has 4 aromatic rings. The van der Waals surface area contributed by atoms with Gasteiger partial charge in [-0.25, -0.2) is 4.79 Å². The summed E-state index contributed by atoms with van der Waals surface area (Å²) in [6.45, 7) is 4.45. The molecule has 7 heteroatoms. The van der Waals surface area contributed by atoms with Crippen molar-refractivity contribution in [2.75, 3.05) is 0 Å². The number of aromatic nitrogens is 3. The predicted octanol–water partition coefficient (Wildman–Crippen LogP) is 5.29. The highest BCUT2D eigenvalue weighted by molar-refractivity contribution is 9.10. The van der Waals surface area contributed by atoms with Crippen molar-refractivity contribution >= 4 is 38.7 Å². The van der Waals surface area contributed by atoms with Gasteiger partial charge in [-0.1, -0.05) is 64.1 Å². The second kappa shape index (κ2) is 8.16. The first kappa shape index (κ1) is 18.7. The van der Waals surface area contributed by atoms with E-state index in [0.717, 1.165) is 32.0 Å². The molecule has 0 spiro atoms. The van der Waals surface area contributed by atoms with E-state index in [4.69, 9.17) is 4.42 Å². The summed E-state index contributed by atoms with van der Waals surface area (Å²) in [5, 5.41) is 10.4. The topological polar surface area (TPSA) is 60.9 Å². The molecule has 0 aliphatic heterocycles. The number of allylic oxidation sites excluding steroid dienone is 1. The Bertz CT molecular complexity index is 1200. The minimum Gasteiger partial charge on any atom is -0.423 e. The molecule has 28 heavy (non-hydrogen) atoms. The lowest BCUT2D eigenvalue weighted by Crippen LogP contribution is -2.02. The van der Waals surface area contributed by atoms with Crippen molar-refractivity contribution in [2.45, 2.75) is 17.5 Å². The summed E-state index contributed by atoms with van der Waals surface area (Å²) in [5.74, 6) is 1.37. The van der Waals surface area contributed by atoms with E-state index in [0.29, 0.717) is 17.9 Å². The van der Waals surface area contributed by atoms with Crippen LogP contribution in [0, 0.1) is 0 Å². The van der Waals surface area contributed by atoms with Gasteiger partial charge in [0, 0.05) is 33.8 Å². The summed E-state index contributed by atoms with van der Waals surface area (Å²) in [6.07, 6.45) is 1.82. The smallest absolute Gasteiger partial charge is 0.336 e. The van der Waals surface area contributed by atoms with Gasteiger partial charge in [0.25, 0.3) is 0 Å². The lowest BCUT2D eigenvalue weighted by atomic mass is 10.1. The number of rotatable bonds is 6. The molecule has 0 N–H and O–H groups in total. The Morgan fingerprint density at radius 3 is 2.75 bits per heavy atom. The Morgan fingerprint density at radius 1 is 1.14 bits per heavy atom. The van der Waals surface area contributed by atoms with Crippen LogP contribution < -0.4 is 5.63 Å². The monoisotopic (exact) mass is 453 g/mol. The number of hydrogen-bond acceptors (Lipinski definition) is 5. The Morgan fingerprint density at radius 2 is 1.96 bits per heavy atom. The van der Waals surface area contributed by atoms with Crippen LogP contribution in [0.2, 0.25) is 0 Å². The highest BCUT2D eigenvalue weighted by Gasteiger charge is 2.14. The minimum absolute atomic E-state index is 0.362. The summed E-state index contributed by atoms with van der Waals surface area (Å²) >= 11 is 4.94. The molecule has 0 unspecified atom stereocenters. The second-order valence-electron chi connectivity index (χ2n) is 6.09. The highest BCUT2D eigenvalue weighted by atomic mass is 79.9. The van der Waals surface area contributed by atoms with Crippen LogP contribution in [-0.4, -0.2) is 14.8 Å². The molecule has 5 nitrogen and oxygen atoms in total. The first-order chi connectivity index (χ1) is 13.7. The number of benzene rings is 2. The zero-order valence-electron chi connectivity index (χ0n) is 14.8. The maximum Gasteiger partial charge on any atom is 0.336 e.